The third kappa shape index (κ3) is 3.44. The van der Waals surface area contributed by atoms with Crippen molar-refractivity contribution in [1.82, 2.24) is 0 Å². The van der Waals surface area contributed by atoms with Crippen molar-refractivity contribution in [1.29, 1.82) is 0 Å². The molecule has 19 heavy (non-hydrogen) atoms. The predicted octanol–water partition coefficient (Wildman–Crippen LogP) is 4.03. The van der Waals surface area contributed by atoms with Crippen molar-refractivity contribution in [2.45, 2.75) is 26.9 Å². The predicted molar refractivity (Wildman–Crippen MR) is 76.6 cm³/mol. The monoisotopic (exact) mass is 254 g/mol. The normalized spacial score (nSPS) is 10.2. The summed E-state index contributed by atoms with van der Waals surface area (Å²) in [4.78, 5) is 11.6. The van der Waals surface area contributed by atoms with Crippen LogP contribution in [0.5, 0.6) is 5.75 Å². The second kappa shape index (κ2) is 6.19. The number of aryl methyl sites for hydroxylation is 1. The smallest absolute Gasteiger partial charge is 0.163 e. The number of Topliss-reactive ketones (excluding diaryl/α,β-unsaturated/α-hetero) is 1. The molecule has 0 aliphatic heterocycles. The van der Waals surface area contributed by atoms with Crippen LogP contribution in [0.25, 0.3) is 0 Å². The molecule has 0 atom stereocenters. The zero-order valence-electron chi connectivity index (χ0n) is 11.3. The second-order valence-electron chi connectivity index (χ2n) is 4.51. The zero-order valence-corrected chi connectivity index (χ0v) is 11.3. The zero-order chi connectivity index (χ0) is 13.7. The van der Waals surface area contributed by atoms with Crippen molar-refractivity contribution < 1.29 is 9.53 Å². The highest BCUT2D eigenvalue weighted by molar-refractivity contribution is 5.96. The third-order valence-electron chi connectivity index (χ3n) is 3.07. The van der Waals surface area contributed by atoms with Crippen LogP contribution in [-0.4, -0.2) is 5.78 Å². The van der Waals surface area contributed by atoms with E-state index < -0.39 is 0 Å². The topological polar surface area (TPSA) is 26.3 Å². The molecule has 0 aliphatic rings. The Kier molecular flexibility index (Phi) is 4.35. The van der Waals surface area contributed by atoms with Crippen LogP contribution in [0.2, 0.25) is 0 Å². The fraction of sp³-hybridized carbons (Fsp3) is 0.235. The van der Waals surface area contributed by atoms with Crippen molar-refractivity contribution in [3.8, 4) is 5.75 Å². The molecule has 0 amide bonds. The van der Waals surface area contributed by atoms with E-state index in [1.165, 1.54) is 5.56 Å². The summed E-state index contributed by atoms with van der Waals surface area (Å²) >= 11 is 0. The van der Waals surface area contributed by atoms with Gasteiger partial charge in [0.15, 0.2) is 5.78 Å². The number of ether oxygens (including phenoxy) is 1. The first-order valence-electron chi connectivity index (χ1n) is 6.51. The lowest BCUT2D eigenvalue weighted by Gasteiger charge is -2.11. The molecule has 0 unspecified atom stereocenters. The number of ketones is 1. The van der Waals surface area contributed by atoms with Crippen LogP contribution in [0.15, 0.2) is 48.5 Å². The van der Waals surface area contributed by atoms with Crippen molar-refractivity contribution in [3.63, 3.8) is 0 Å². The lowest BCUT2D eigenvalue weighted by molar-refractivity contribution is 0.101. The summed E-state index contributed by atoms with van der Waals surface area (Å²) in [6, 6.07) is 15.7. The summed E-state index contributed by atoms with van der Waals surface area (Å²) in [5.74, 6) is 0.710. The first kappa shape index (κ1) is 13.3. The molecular weight excluding hydrogens is 236 g/mol. The van der Waals surface area contributed by atoms with Gasteiger partial charge in [-0.3, -0.25) is 4.79 Å². The molecule has 0 bridgehead atoms. The number of rotatable bonds is 5. The van der Waals surface area contributed by atoms with Crippen LogP contribution in [0.3, 0.4) is 0 Å². The molecular formula is C17H18O2. The van der Waals surface area contributed by atoms with Crippen molar-refractivity contribution in [2.75, 3.05) is 0 Å². The van der Waals surface area contributed by atoms with E-state index in [9.17, 15) is 4.79 Å². The van der Waals surface area contributed by atoms with Crippen LogP contribution < -0.4 is 4.74 Å². The summed E-state index contributed by atoms with van der Waals surface area (Å²) < 4.78 is 5.81. The fourth-order valence-electron chi connectivity index (χ4n) is 1.93. The Morgan fingerprint density at radius 1 is 1.05 bits per heavy atom. The van der Waals surface area contributed by atoms with E-state index in [2.05, 4.69) is 6.92 Å². The first-order chi connectivity index (χ1) is 9.20. The molecule has 0 saturated carbocycles. The average Bonchev–Trinajstić information content (AvgIpc) is 2.45. The molecule has 0 saturated heterocycles. The molecule has 2 nitrogen and oxygen atoms in total. The first-order valence-corrected chi connectivity index (χ1v) is 6.51. The van der Waals surface area contributed by atoms with Crippen LogP contribution >= 0.6 is 0 Å². The number of carbonyl (C=O) groups is 1. The van der Waals surface area contributed by atoms with Crippen molar-refractivity contribution in [3.05, 3.63) is 65.2 Å². The molecule has 98 valence electrons. The summed E-state index contributed by atoms with van der Waals surface area (Å²) in [6.45, 7) is 4.13. The highest BCUT2D eigenvalue weighted by Gasteiger charge is 2.09. The van der Waals surface area contributed by atoms with E-state index in [-0.39, 0.29) is 5.78 Å². The van der Waals surface area contributed by atoms with Gasteiger partial charge >= 0.3 is 0 Å². The highest BCUT2D eigenvalue weighted by Crippen LogP contribution is 2.22. The van der Waals surface area contributed by atoms with Crippen LogP contribution in [0.1, 0.15) is 35.3 Å². The van der Waals surface area contributed by atoms with Gasteiger partial charge in [0.05, 0.1) is 5.56 Å². The maximum absolute atomic E-state index is 11.6. The maximum atomic E-state index is 11.6. The van der Waals surface area contributed by atoms with Gasteiger partial charge in [-0.15, -0.1) is 0 Å². The van der Waals surface area contributed by atoms with Gasteiger partial charge in [0.1, 0.15) is 12.4 Å². The summed E-state index contributed by atoms with van der Waals surface area (Å²) in [7, 11) is 0. The van der Waals surface area contributed by atoms with E-state index in [1.807, 2.05) is 48.5 Å². The number of carbonyl (C=O) groups excluding carboxylic acids is 1. The second-order valence-corrected chi connectivity index (χ2v) is 4.51. The number of benzene rings is 2. The quantitative estimate of drug-likeness (QED) is 0.753. The Morgan fingerprint density at radius 2 is 1.79 bits per heavy atom. The van der Waals surface area contributed by atoms with Gasteiger partial charge in [-0.1, -0.05) is 43.3 Å². The molecule has 0 heterocycles. The minimum absolute atomic E-state index is 0.0331. The Morgan fingerprint density at radius 3 is 2.42 bits per heavy atom. The van der Waals surface area contributed by atoms with Gasteiger partial charge in [-0.25, -0.2) is 0 Å². The van der Waals surface area contributed by atoms with E-state index in [0.717, 1.165) is 12.0 Å². The minimum Gasteiger partial charge on any atom is -0.488 e. The van der Waals surface area contributed by atoms with Gasteiger partial charge < -0.3 is 4.74 Å². The molecule has 0 N–H and O–H groups in total. The van der Waals surface area contributed by atoms with Gasteiger partial charge in [-0.2, -0.15) is 0 Å². The molecule has 0 aromatic heterocycles. The molecule has 0 radical (unpaired) electrons. The largest absolute Gasteiger partial charge is 0.488 e. The van der Waals surface area contributed by atoms with Crippen LogP contribution in [-0.2, 0) is 13.0 Å². The molecule has 2 rings (SSSR count). The molecule has 0 fully saturated rings. The third-order valence-corrected chi connectivity index (χ3v) is 3.07. The van der Waals surface area contributed by atoms with Crippen molar-refractivity contribution >= 4 is 5.78 Å². The van der Waals surface area contributed by atoms with Gasteiger partial charge in [0.25, 0.3) is 0 Å². The summed E-state index contributed by atoms with van der Waals surface area (Å²) in [6.07, 6.45) is 0.930. The Hall–Kier alpha value is -2.09. The van der Waals surface area contributed by atoms with Crippen LogP contribution in [0, 0.1) is 0 Å². The van der Waals surface area contributed by atoms with Crippen molar-refractivity contribution in [2.24, 2.45) is 0 Å². The highest BCUT2D eigenvalue weighted by atomic mass is 16.5. The average molecular weight is 254 g/mol. The molecule has 2 aromatic rings. The fourth-order valence-corrected chi connectivity index (χ4v) is 1.93. The summed E-state index contributed by atoms with van der Waals surface area (Å²) in [5, 5.41) is 0. The lowest BCUT2D eigenvalue weighted by atomic mass is 10.1. The van der Waals surface area contributed by atoms with E-state index in [1.54, 1.807) is 6.92 Å². The molecule has 2 aromatic carbocycles. The minimum atomic E-state index is 0.0331. The Labute approximate surface area is 114 Å². The van der Waals surface area contributed by atoms with Gasteiger partial charge in [0, 0.05) is 0 Å². The Bertz CT molecular complexity index is 559. The number of hydrogen-bond acceptors (Lipinski definition) is 2. The van der Waals surface area contributed by atoms with Gasteiger partial charge in [-0.05, 0) is 36.6 Å². The van der Waals surface area contributed by atoms with Crippen LogP contribution in [0.4, 0.5) is 0 Å². The standard InChI is InChI=1S/C17H18O2/c1-3-14-9-10-16(13(2)18)17(11-14)19-12-15-7-5-4-6-8-15/h4-11H,3,12H2,1-2H3. The molecule has 0 aliphatic carbocycles. The number of hydrogen-bond donors (Lipinski definition) is 0. The molecule has 2 heteroatoms. The van der Waals surface area contributed by atoms with E-state index >= 15 is 0 Å². The molecule has 0 spiro atoms. The SMILES string of the molecule is CCc1ccc(C(C)=O)c(OCc2ccccc2)c1. The Balaban J connectivity index is 2.20. The van der Waals surface area contributed by atoms with E-state index in [0.29, 0.717) is 17.9 Å². The van der Waals surface area contributed by atoms with Gasteiger partial charge in [0.2, 0.25) is 0 Å². The maximum Gasteiger partial charge on any atom is 0.163 e. The lowest BCUT2D eigenvalue weighted by Crippen LogP contribution is -2.02. The van der Waals surface area contributed by atoms with E-state index in [4.69, 9.17) is 4.74 Å². The summed E-state index contributed by atoms with van der Waals surface area (Å²) in [5.41, 5.74) is 2.92.